The smallest absolute Gasteiger partial charge is 0.239 e. The summed E-state index contributed by atoms with van der Waals surface area (Å²) in [7, 11) is 0. The van der Waals surface area contributed by atoms with Crippen LogP contribution in [0.2, 0.25) is 0 Å². The van der Waals surface area contributed by atoms with Gasteiger partial charge in [0.25, 0.3) is 0 Å². The Kier molecular flexibility index (Phi) is 5.26. The van der Waals surface area contributed by atoms with Crippen molar-refractivity contribution in [1.82, 2.24) is 4.90 Å². The molecule has 0 radical (unpaired) electrons. The zero-order valence-electron chi connectivity index (χ0n) is 10.9. The minimum Gasteiger partial charge on any atom is -0.339 e. The van der Waals surface area contributed by atoms with Crippen molar-refractivity contribution in [2.75, 3.05) is 6.54 Å². The first-order valence-corrected chi connectivity index (χ1v) is 6.58. The summed E-state index contributed by atoms with van der Waals surface area (Å²) >= 11 is 0. The normalized spacial score (nSPS) is 24.3. The van der Waals surface area contributed by atoms with E-state index in [-0.39, 0.29) is 11.9 Å². The third-order valence-corrected chi connectivity index (χ3v) is 3.38. The molecule has 0 aliphatic carbocycles. The average Bonchev–Trinajstić information content (AvgIpc) is 2.40. The van der Waals surface area contributed by atoms with Crippen molar-refractivity contribution < 1.29 is 4.79 Å². The van der Waals surface area contributed by atoms with Crippen molar-refractivity contribution in [3.63, 3.8) is 0 Å². The van der Waals surface area contributed by atoms with E-state index in [2.05, 4.69) is 20.8 Å². The molecule has 1 aliphatic rings. The molecule has 2 atom stereocenters. The molecule has 0 saturated carbocycles. The molecule has 1 heterocycles. The first-order valence-electron chi connectivity index (χ1n) is 6.58. The average molecular weight is 226 g/mol. The number of nitrogens with zero attached hydrogens (tertiary/aromatic N) is 1. The lowest BCUT2D eigenvalue weighted by molar-refractivity contribution is -0.134. The second-order valence-corrected chi connectivity index (χ2v) is 5.47. The molecular formula is C13H26N2O. The monoisotopic (exact) mass is 226 g/mol. The topological polar surface area (TPSA) is 46.3 Å². The Hall–Kier alpha value is -0.570. The van der Waals surface area contributed by atoms with Crippen molar-refractivity contribution in [3.8, 4) is 0 Å². The van der Waals surface area contributed by atoms with E-state index < -0.39 is 0 Å². The lowest BCUT2D eigenvalue weighted by Crippen LogP contribution is -2.48. The molecule has 1 rings (SSSR count). The molecule has 1 unspecified atom stereocenters. The lowest BCUT2D eigenvalue weighted by Gasteiger charge is -2.30. The minimum absolute atomic E-state index is 0.156. The maximum atomic E-state index is 12.2. The van der Waals surface area contributed by atoms with Crippen molar-refractivity contribution >= 4 is 5.91 Å². The Balaban J connectivity index is 2.56. The van der Waals surface area contributed by atoms with Gasteiger partial charge in [-0.25, -0.2) is 0 Å². The highest BCUT2D eigenvalue weighted by Gasteiger charge is 2.26. The quantitative estimate of drug-likeness (QED) is 0.801. The molecule has 1 saturated heterocycles. The number of hydrogen-bond donors (Lipinski definition) is 1. The zero-order chi connectivity index (χ0) is 12.1. The molecule has 1 amide bonds. The van der Waals surface area contributed by atoms with E-state index in [4.69, 9.17) is 5.73 Å². The molecule has 0 aromatic heterocycles. The standard InChI is InChI=1S/C13H26N2O/c1-10(2)9-12(14)13(16)15-8-6-4-5-7-11(15)3/h10-12H,4-9,14H2,1-3H3/t11?,12-/m1/s1. The van der Waals surface area contributed by atoms with Crippen LogP contribution in [0.3, 0.4) is 0 Å². The highest BCUT2D eigenvalue weighted by atomic mass is 16.2. The summed E-state index contributed by atoms with van der Waals surface area (Å²) < 4.78 is 0. The SMILES string of the molecule is CC(C)C[C@@H](N)C(=O)N1CCCCCC1C. The van der Waals surface area contributed by atoms with E-state index >= 15 is 0 Å². The van der Waals surface area contributed by atoms with Crippen LogP contribution in [0.5, 0.6) is 0 Å². The Morgan fingerprint density at radius 3 is 2.69 bits per heavy atom. The second-order valence-electron chi connectivity index (χ2n) is 5.47. The van der Waals surface area contributed by atoms with Gasteiger partial charge in [-0.2, -0.15) is 0 Å². The molecule has 3 nitrogen and oxygen atoms in total. The molecule has 0 aromatic carbocycles. The van der Waals surface area contributed by atoms with E-state index in [1.54, 1.807) is 0 Å². The van der Waals surface area contributed by atoms with Crippen LogP contribution in [0, 0.1) is 5.92 Å². The van der Waals surface area contributed by atoms with Gasteiger partial charge in [-0.15, -0.1) is 0 Å². The lowest BCUT2D eigenvalue weighted by atomic mass is 10.0. The van der Waals surface area contributed by atoms with Crippen LogP contribution in [0.25, 0.3) is 0 Å². The van der Waals surface area contributed by atoms with Gasteiger partial charge in [0.05, 0.1) is 6.04 Å². The number of hydrogen-bond acceptors (Lipinski definition) is 2. The van der Waals surface area contributed by atoms with Crippen LogP contribution in [-0.4, -0.2) is 29.4 Å². The van der Waals surface area contributed by atoms with Crippen molar-refractivity contribution in [3.05, 3.63) is 0 Å². The van der Waals surface area contributed by atoms with Crippen molar-refractivity contribution in [2.24, 2.45) is 11.7 Å². The Morgan fingerprint density at radius 1 is 1.38 bits per heavy atom. The van der Waals surface area contributed by atoms with Gasteiger partial charge < -0.3 is 10.6 Å². The van der Waals surface area contributed by atoms with Gasteiger partial charge in [-0.1, -0.05) is 26.7 Å². The van der Waals surface area contributed by atoms with Gasteiger partial charge >= 0.3 is 0 Å². The van der Waals surface area contributed by atoms with Crippen LogP contribution in [0.4, 0.5) is 0 Å². The van der Waals surface area contributed by atoms with Crippen LogP contribution >= 0.6 is 0 Å². The fourth-order valence-electron chi connectivity index (χ4n) is 2.42. The van der Waals surface area contributed by atoms with Gasteiger partial charge in [0.15, 0.2) is 0 Å². The molecule has 0 spiro atoms. The Bertz CT molecular complexity index is 228. The maximum Gasteiger partial charge on any atom is 0.239 e. The summed E-state index contributed by atoms with van der Waals surface area (Å²) in [5.74, 6) is 0.643. The zero-order valence-corrected chi connectivity index (χ0v) is 10.9. The summed E-state index contributed by atoms with van der Waals surface area (Å²) in [5, 5.41) is 0. The van der Waals surface area contributed by atoms with Gasteiger partial charge in [-0.3, -0.25) is 4.79 Å². The number of carbonyl (C=O) groups excluding carboxylic acids is 1. The van der Waals surface area contributed by atoms with Crippen molar-refractivity contribution in [2.45, 2.75) is 65.0 Å². The summed E-state index contributed by atoms with van der Waals surface area (Å²) in [5.41, 5.74) is 5.97. The number of amides is 1. The first kappa shape index (κ1) is 13.5. The molecule has 3 heteroatoms. The van der Waals surface area contributed by atoms with Crippen LogP contribution in [0.1, 0.15) is 52.9 Å². The minimum atomic E-state index is -0.305. The maximum absolute atomic E-state index is 12.2. The van der Waals surface area contributed by atoms with E-state index in [1.165, 1.54) is 12.8 Å². The van der Waals surface area contributed by atoms with Crippen LogP contribution in [-0.2, 0) is 4.79 Å². The second kappa shape index (κ2) is 6.24. The van der Waals surface area contributed by atoms with Crippen molar-refractivity contribution in [1.29, 1.82) is 0 Å². The van der Waals surface area contributed by atoms with Crippen LogP contribution < -0.4 is 5.73 Å². The largest absolute Gasteiger partial charge is 0.339 e. The molecule has 0 bridgehead atoms. The van der Waals surface area contributed by atoms with Gasteiger partial charge in [-0.05, 0) is 32.1 Å². The molecule has 94 valence electrons. The third kappa shape index (κ3) is 3.78. The van der Waals surface area contributed by atoms with E-state index in [0.717, 1.165) is 25.8 Å². The number of rotatable bonds is 3. The summed E-state index contributed by atoms with van der Waals surface area (Å²) in [6.45, 7) is 7.26. The number of nitrogens with two attached hydrogens (primary N) is 1. The fraction of sp³-hybridized carbons (Fsp3) is 0.923. The Labute approximate surface area is 99.4 Å². The van der Waals surface area contributed by atoms with E-state index in [9.17, 15) is 4.79 Å². The van der Waals surface area contributed by atoms with Gasteiger partial charge in [0.2, 0.25) is 5.91 Å². The molecule has 0 aromatic rings. The predicted octanol–water partition coefficient (Wildman–Crippen LogP) is 2.15. The Morgan fingerprint density at radius 2 is 2.06 bits per heavy atom. The number of carbonyl (C=O) groups is 1. The molecule has 1 fully saturated rings. The summed E-state index contributed by atoms with van der Waals surface area (Å²) in [6.07, 6.45) is 5.53. The van der Waals surface area contributed by atoms with E-state index in [0.29, 0.717) is 12.0 Å². The van der Waals surface area contributed by atoms with Crippen LogP contribution in [0.15, 0.2) is 0 Å². The highest BCUT2D eigenvalue weighted by molar-refractivity contribution is 5.81. The number of likely N-dealkylation sites (tertiary alicyclic amines) is 1. The highest BCUT2D eigenvalue weighted by Crippen LogP contribution is 2.18. The molecule has 16 heavy (non-hydrogen) atoms. The predicted molar refractivity (Wildman–Crippen MR) is 67.1 cm³/mol. The molecular weight excluding hydrogens is 200 g/mol. The first-order chi connectivity index (χ1) is 7.52. The van der Waals surface area contributed by atoms with Gasteiger partial charge in [0.1, 0.15) is 0 Å². The van der Waals surface area contributed by atoms with E-state index in [1.807, 2.05) is 4.90 Å². The third-order valence-electron chi connectivity index (χ3n) is 3.38. The molecule has 1 aliphatic heterocycles. The van der Waals surface area contributed by atoms with Gasteiger partial charge in [0, 0.05) is 12.6 Å². The fourth-order valence-corrected chi connectivity index (χ4v) is 2.42. The summed E-state index contributed by atoms with van der Waals surface area (Å²) in [6, 6.07) is 0.0637. The molecule has 2 N–H and O–H groups in total. The summed E-state index contributed by atoms with van der Waals surface area (Å²) in [4.78, 5) is 14.2.